The fraction of sp³-hybridized carbons (Fsp3) is 0.381. The zero-order valence-corrected chi connectivity index (χ0v) is 15.6. The molecule has 0 saturated carbocycles. The van der Waals surface area contributed by atoms with Gasteiger partial charge in [0.15, 0.2) is 6.10 Å². The molecule has 2 aromatic carbocycles. The molecule has 4 nitrogen and oxygen atoms in total. The molecule has 1 N–H and O–H groups in total. The smallest absolute Gasteiger partial charge is 0.265 e. The first kappa shape index (κ1) is 18.8. The Hall–Kier alpha value is -2.49. The Morgan fingerprint density at radius 1 is 1.00 bits per heavy atom. The predicted molar refractivity (Wildman–Crippen MR) is 101 cm³/mol. The van der Waals surface area contributed by atoms with Crippen LogP contribution in [0.15, 0.2) is 42.5 Å². The fourth-order valence-electron chi connectivity index (χ4n) is 2.36. The van der Waals surface area contributed by atoms with E-state index in [0.29, 0.717) is 12.5 Å². The van der Waals surface area contributed by atoms with Gasteiger partial charge in [0.1, 0.15) is 11.5 Å². The number of benzene rings is 2. The molecule has 0 heterocycles. The van der Waals surface area contributed by atoms with Gasteiger partial charge in [-0.2, -0.15) is 0 Å². The molecule has 0 aliphatic rings. The third kappa shape index (κ3) is 5.52. The zero-order chi connectivity index (χ0) is 18.4. The van der Waals surface area contributed by atoms with Crippen molar-refractivity contribution in [2.24, 2.45) is 5.92 Å². The quantitative estimate of drug-likeness (QED) is 0.791. The lowest BCUT2D eigenvalue weighted by molar-refractivity contribution is -0.122. The van der Waals surface area contributed by atoms with Crippen molar-refractivity contribution >= 4 is 11.6 Å². The molecule has 0 aliphatic carbocycles. The van der Waals surface area contributed by atoms with Crippen molar-refractivity contribution < 1.29 is 14.3 Å². The minimum atomic E-state index is -0.586. The van der Waals surface area contributed by atoms with Gasteiger partial charge in [0.2, 0.25) is 0 Å². The van der Waals surface area contributed by atoms with Crippen molar-refractivity contribution in [3.05, 3.63) is 53.6 Å². The summed E-state index contributed by atoms with van der Waals surface area (Å²) in [4.78, 5) is 12.4. The number of rotatable bonds is 7. The van der Waals surface area contributed by atoms with Crippen LogP contribution in [-0.4, -0.2) is 18.6 Å². The second kappa shape index (κ2) is 8.56. The van der Waals surface area contributed by atoms with E-state index in [1.165, 1.54) is 0 Å². The number of carbonyl (C=O) groups is 1. The van der Waals surface area contributed by atoms with E-state index >= 15 is 0 Å². The van der Waals surface area contributed by atoms with Crippen LogP contribution in [0.5, 0.6) is 11.5 Å². The number of hydrogen-bond donors (Lipinski definition) is 1. The maximum absolute atomic E-state index is 12.4. The molecule has 2 rings (SSSR count). The molecule has 2 aromatic rings. The van der Waals surface area contributed by atoms with Crippen molar-refractivity contribution in [2.75, 3.05) is 11.9 Å². The Balaban J connectivity index is 1.94. The minimum absolute atomic E-state index is 0.182. The Labute approximate surface area is 150 Å². The van der Waals surface area contributed by atoms with E-state index in [9.17, 15) is 4.79 Å². The number of amides is 1. The lowest BCUT2D eigenvalue weighted by Gasteiger charge is -2.18. The van der Waals surface area contributed by atoms with Crippen molar-refractivity contribution in [2.45, 2.75) is 40.7 Å². The lowest BCUT2D eigenvalue weighted by atomic mass is 10.1. The summed E-state index contributed by atoms with van der Waals surface area (Å²) in [7, 11) is 0. The van der Waals surface area contributed by atoms with Crippen LogP contribution < -0.4 is 14.8 Å². The molecule has 25 heavy (non-hydrogen) atoms. The Morgan fingerprint density at radius 3 is 2.16 bits per heavy atom. The van der Waals surface area contributed by atoms with Crippen molar-refractivity contribution in [1.29, 1.82) is 0 Å². The van der Waals surface area contributed by atoms with Gasteiger partial charge >= 0.3 is 0 Å². The summed E-state index contributed by atoms with van der Waals surface area (Å²) < 4.78 is 11.5. The summed E-state index contributed by atoms with van der Waals surface area (Å²) in [5, 5.41) is 2.87. The zero-order valence-electron chi connectivity index (χ0n) is 15.6. The Bertz CT molecular complexity index is 687. The highest BCUT2D eigenvalue weighted by Crippen LogP contribution is 2.24. The largest absolute Gasteiger partial charge is 0.493 e. The minimum Gasteiger partial charge on any atom is -0.493 e. The molecule has 0 aliphatic heterocycles. The molecule has 0 bridgehead atoms. The highest BCUT2D eigenvalue weighted by Gasteiger charge is 2.17. The van der Waals surface area contributed by atoms with Gasteiger partial charge in [0.05, 0.1) is 6.61 Å². The molecule has 0 fully saturated rings. The summed E-state index contributed by atoms with van der Waals surface area (Å²) in [6.45, 7) is 10.6. The average Bonchev–Trinajstić information content (AvgIpc) is 2.57. The number of nitrogens with one attached hydrogen (secondary N) is 1. The van der Waals surface area contributed by atoms with Gasteiger partial charge < -0.3 is 14.8 Å². The molecule has 0 unspecified atom stereocenters. The highest BCUT2D eigenvalue weighted by molar-refractivity contribution is 5.94. The van der Waals surface area contributed by atoms with E-state index in [-0.39, 0.29) is 5.91 Å². The molecule has 0 spiro atoms. The number of anilines is 1. The maximum Gasteiger partial charge on any atom is 0.265 e. The predicted octanol–water partition coefficient (Wildman–Crippen LogP) is 4.74. The molecule has 134 valence electrons. The van der Waals surface area contributed by atoms with Gasteiger partial charge in [-0.05, 0) is 62.1 Å². The Kier molecular flexibility index (Phi) is 6.45. The van der Waals surface area contributed by atoms with Crippen LogP contribution in [-0.2, 0) is 4.79 Å². The monoisotopic (exact) mass is 341 g/mol. The third-order valence-corrected chi connectivity index (χ3v) is 3.78. The van der Waals surface area contributed by atoms with E-state index in [2.05, 4.69) is 19.2 Å². The third-order valence-electron chi connectivity index (χ3n) is 3.78. The van der Waals surface area contributed by atoms with Crippen molar-refractivity contribution in [1.82, 2.24) is 0 Å². The summed E-state index contributed by atoms with van der Waals surface area (Å²) >= 11 is 0. The van der Waals surface area contributed by atoms with Crippen LogP contribution in [0.2, 0.25) is 0 Å². The van der Waals surface area contributed by atoms with Crippen LogP contribution in [0, 0.1) is 19.8 Å². The number of aryl methyl sites for hydroxylation is 2. The topological polar surface area (TPSA) is 47.6 Å². The first-order valence-corrected chi connectivity index (χ1v) is 8.63. The molecule has 1 atom stereocenters. The van der Waals surface area contributed by atoms with E-state index in [1.807, 2.05) is 56.3 Å². The summed E-state index contributed by atoms with van der Waals surface area (Å²) in [5.74, 6) is 1.86. The second-order valence-corrected chi connectivity index (χ2v) is 6.70. The number of carbonyl (C=O) groups excluding carboxylic acids is 1. The summed E-state index contributed by atoms with van der Waals surface area (Å²) in [6.07, 6.45) is -0.586. The Morgan fingerprint density at radius 2 is 1.60 bits per heavy atom. The van der Waals surface area contributed by atoms with E-state index < -0.39 is 6.10 Å². The fourth-order valence-corrected chi connectivity index (χ4v) is 2.36. The van der Waals surface area contributed by atoms with Crippen LogP contribution in [0.4, 0.5) is 5.69 Å². The van der Waals surface area contributed by atoms with Crippen LogP contribution in [0.1, 0.15) is 31.9 Å². The maximum atomic E-state index is 12.4. The number of ether oxygens (including phenoxy) is 2. The number of para-hydroxylation sites is 1. The molecule has 1 amide bonds. The van der Waals surface area contributed by atoms with Crippen LogP contribution in [0.3, 0.4) is 0 Å². The first-order chi connectivity index (χ1) is 11.9. The summed E-state index contributed by atoms with van der Waals surface area (Å²) in [5.41, 5.74) is 2.76. The summed E-state index contributed by atoms with van der Waals surface area (Å²) in [6, 6.07) is 13.3. The number of hydrogen-bond acceptors (Lipinski definition) is 3. The second-order valence-electron chi connectivity index (χ2n) is 6.70. The van der Waals surface area contributed by atoms with E-state index in [0.717, 1.165) is 28.3 Å². The van der Waals surface area contributed by atoms with E-state index in [4.69, 9.17) is 9.47 Å². The highest BCUT2D eigenvalue weighted by atomic mass is 16.5. The molecule has 0 aromatic heterocycles. The van der Waals surface area contributed by atoms with Gasteiger partial charge in [-0.15, -0.1) is 0 Å². The SMILES string of the molecule is Cc1cccc(C)c1O[C@H](C)C(=O)Nc1ccc(OCC(C)C)cc1. The molecular formula is C21H27NO3. The van der Waals surface area contributed by atoms with Gasteiger partial charge in [-0.25, -0.2) is 0 Å². The van der Waals surface area contributed by atoms with Crippen LogP contribution in [0.25, 0.3) is 0 Å². The van der Waals surface area contributed by atoms with Gasteiger partial charge in [0.25, 0.3) is 5.91 Å². The molecule has 0 radical (unpaired) electrons. The molecular weight excluding hydrogens is 314 g/mol. The average molecular weight is 341 g/mol. The normalized spacial score (nSPS) is 11.9. The van der Waals surface area contributed by atoms with Crippen LogP contribution >= 0.6 is 0 Å². The van der Waals surface area contributed by atoms with Gasteiger partial charge in [0, 0.05) is 5.69 Å². The van der Waals surface area contributed by atoms with Gasteiger partial charge in [-0.3, -0.25) is 4.79 Å². The lowest BCUT2D eigenvalue weighted by Crippen LogP contribution is -2.30. The van der Waals surface area contributed by atoms with Gasteiger partial charge in [-0.1, -0.05) is 32.0 Å². The first-order valence-electron chi connectivity index (χ1n) is 8.63. The molecule has 4 heteroatoms. The standard InChI is InChI=1S/C21H27NO3/c1-14(2)13-24-19-11-9-18(10-12-19)22-21(23)17(5)25-20-15(3)7-6-8-16(20)4/h6-12,14,17H,13H2,1-5H3,(H,22,23)/t17-/m1/s1. The van der Waals surface area contributed by atoms with E-state index in [1.54, 1.807) is 6.92 Å². The molecule has 0 saturated heterocycles. The van der Waals surface area contributed by atoms with Crippen molar-refractivity contribution in [3.8, 4) is 11.5 Å². The van der Waals surface area contributed by atoms with Crippen molar-refractivity contribution in [3.63, 3.8) is 0 Å².